The first kappa shape index (κ1) is 10.6. The van der Waals surface area contributed by atoms with E-state index in [4.69, 9.17) is 5.73 Å². The van der Waals surface area contributed by atoms with Crippen LogP contribution >= 0.6 is 11.3 Å². The van der Waals surface area contributed by atoms with Crippen LogP contribution in [0.25, 0.3) is 0 Å². The number of nitrogens with zero attached hydrogens (tertiary/aromatic N) is 1. The molecule has 0 aliphatic heterocycles. The maximum absolute atomic E-state index is 11.7. The highest BCUT2D eigenvalue weighted by atomic mass is 32.1. The molecule has 1 aromatic carbocycles. The van der Waals surface area contributed by atoms with Gasteiger partial charge in [0.25, 0.3) is 0 Å². The monoisotopic (exact) mass is 233 g/mol. The first-order valence-electron chi connectivity index (χ1n) is 4.79. The Labute approximate surface area is 97.1 Å². The number of thiazole rings is 1. The maximum atomic E-state index is 11.7. The summed E-state index contributed by atoms with van der Waals surface area (Å²) in [4.78, 5) is 15.7. The summed E-state index contributed by atoms with van der Waals surface area (Å²) in [6.07, 6.45) is 1.57. The number of carbonyl (C=O) groups is 1. The molecular formula is C11H11N3OS. The van der Waals surface area contributed by atoms with E-state index in [1.54, 1.807) is 18.3 Å². The van der Waals surface area contributed by atoms with Crippen LogP contribution in [-0.4, -0.2) is 17.3 Å². The molecule has 0 radical (unpaired) electrons. The van der Waals surface area contributed by atoms with E-state index in [-0.39, 0.29) is 12.3 Å². The smallest absolute Gasteiger partial charge is 0.184 e. The Hall–Kier alpha value is -1.88. The third-order valence-electron chi connectivity index (χ3n) is 2.02. The zero-order valence-electron chi connectivity index (χ0n) is 8.51. The Balaban J connectivity index is 1.94. The molecule has 0 unspecified atom stereocenters. The zero-order chi connectivity index (χ0) is 11.4. The Morgan fingerprint density at radius 1 is 1.38 bits per heavy atom. The summed E-state index contributed by atoms with van der Waals surface area (Å²) < 4.78 is 0. The first-order chi connectivity index (χ1) is 7.75. The number of nitrogen functional groups attached to an aromatic ring is 1. The number of rotatable bonds is 4. The van der Waals surface area contributed by atoms with Gasteiger partial charge in [0.15, 0.2) is 10.9 Å². The molecule has 2 rings (SSSR count). The summed E-state index contributed by atoms with van der Waals surface area (Å²) in [5.74, 6) is 0.0365. The molecule has 0 saturated heterocycles. The van der Waals surface area contributed by atoms with E-state index in [9.17, 15) is 4.79 Å². The third kappa shape index (κ3) is 2.58. The predicted molar refractivity (Wildman–Crippen MR) is 65.8 cm³/mol. The van der Waals surface area contributed by atoms with Crippen LogP contribution in [-0.2, 0) is 0 Å². The molecule has 16 heavy (non-hydrogen) atoms. The number of benzene rings is 1. The molecule has 0 fully saturated rings. The van der Waals surface area contributed by atoms with Gasteiger partial charge in [-0.2, -0.15) is 0 Å². The van der Waals surface area contributed by atoms with Crippen molar-refractivity contribution in [2.45, 2.75) is 0 Å². The van der Waals surface area contributed by atoms with Crippen molar-refractivity contribution in [1.29, 1.82) is 0 Å². The molecule has 2 aromatic rings. The number of nitrogens with one attached hydrogen (secondary N) is 1. The quantitative estimate of drug-likeness (QED) is 0.793. The van der Waals surface area contributed by atoms with Crippen LogP contribution in [0.4, 0.5) is 10.1 Å². The fourth-order valence-corrected chi connectivity index (χ4v) is 1.83. The summed E-state index contributed by atoms with van der Waals surface area (Å²) in [5, 5.41) is 4.24. The molecule has 0 atom stereocenters. The second-order valence-electron chi connectivity index (χ2n) is 3.21. The highest BCUT2D eigenvalue weighted by Gasteiger charge is 2.05. The van der Waals surface area contributed by atoms with Crippen molar-refractivity contribution < 1.29 is 4.79 Å². The van der Waals surface area contributed by atoms with Gasteiger partial charge in [-0.05, 0) is 0 Å². The van der Waals surface area contributed by atoms with Crippen molar-refractivity contribution in [2.24, 2.45) is 0 Å². The highest BCUT2D eigenvalue weighted by Crippen LogP contribution is 2.19. The van der Waals surface area contributed by atoms with Crippen molar-refractivity contribution in [3.63, 3.8) is 0 Å². The Kier molecular flexibility index (Phi) is 3.16. The van der Waals surface area contributed by atoms with Crippen LogP contribution in [0.1, 0.15) is 10.4 Å². The van der Waals surface area contributed by atoms with E-state index in [1.165, 1.54) is 11.3 Å². The average Bonchev–Trinajstić information content (AvgIpc) is 2.73. The van der Waals surface area contributed by atoms with Crippen molar-refractivity contribution >= 4 is 27.3 Å². The number of anilines is 2. The van der Waals surface area contributed by atoms with Gasteiger partial charge in [0.1, 0.15) is 5.00 Å². The molecule has 0 aliphatic carbocycles. The van der Waals surface area contributed by atoms with Crippen LogP contribution in [0.3, 0.4) is 0 Å². The highest BCUT2D eigenvalue weighted by molar-refractivity contribution is 7.19. The number of nitrogens with two attached hydrogens (primary N) is 1. The summed E-state index contributed by atoms with van der Waals surface area (Å²) in [7, 11) is 0. The molecule has 1 heterocycles. The number of Topliss-reactive ketones (excluding diaryl/α,β-unsaturated/α-hetero) is 1. The molecule has 5 heteroatoms. The lowest BCUT2D eigenvalue weighted by Crippen LogP contribution is -2.13. The summed E-state index contributed by atoms with van der Waals surface area (Å²) in [5.41, 5.74) is 6.22. The van der Waals surface area contributed by atoms with Gasteiger partial charge in [-0.25, -0.2) is 4.98 Å². The van der Waals surface area contributed by atoms with E-state index >= 15 is 0 Å². The zero-order valence-corrected chi connectivity index (χ0v) is 9.33. The molecule has 0 spiro atoms. The minimum absolute atomic E-state index is 0.0365. The largest absolute Gasteiger partial charge is 0.389 e. The third-order valence-corrected chi connectivity index (χ3v) is 2.80. The van der Waals surface area contributed by atoms with E-state index in [0.717, 1.165) is 0 Å². The molecule has 0 saturated carbocycles. The van der Waals surface area contributed by atoms with Crippen molar-refractivity contribution in [3.05, 3.63) is 42.1 Å². The Morgan fingerprint density at radius 3 is 2.75 bits per heavy atom. The van der Waals surface area contributed by atoms with Crippen LogP contribution in [0.5, 0.6) is 0 Å². The van der Waals surface area contributed by atoms with Gasteiger partial charge in [-0.3, -0.25) is 4.79 Å². The first-order valence-corrected chi connectivity index (χ1v) is 5.61. The average molecular weight is 233 g/mol. The van der Waals surface area contributed by atoms with Crippen LogP contribution in [0.15, 0.2) is 36.5 Å². The molecule has 3 N–H and O–H groups in total. The number of ketones is 1. The van der Waals surface area contributed by atoms with Gasteiger partial charge in [0, 0.05) is 5.56 Å². The molecule has 0 aliphatic rings. The van der Waals surface area contributed by atoms with E-state index < -0.39 is 0 Å². The second kappa shape index (κ2) is 4.76. The topological polar surface area (TPSA) is 68.0 Å². The van der Waals surface area contributed by atoms with Gasteiger partial charge in [-0.1, -0.05) is 41.7 Å². The van der Waals surface area contributed by atoms with Gasteiger partial charge >= 0.3 is 0 Å². The number of hydrogen-bond donors (Lipinski definition) is 2. The number of aromatic nitrogens is 1. The van der Waals surface area contributed by atoms with Crippen LogP contribution < -0.4 is 11.1 Å². The standard InChI is InChI=1S/C11H11N3OS/c12-10-7-14-11(16-10)13-6-9(15)8-4-2-1-3-5-8/h1-5,7H,6,12H2,(H,13,14). The Bertz CT molecular complexity index is 481. The number of hydrogen-bond acceptors (Lipinski definition) is 5. The molecule has 4 nitrogen and oxygen atoms in total. The second-order valence-corrected chi connectivity index (χ2v) is 4.27. The van der Waals surface area contributed by atoms with E-state index in [2.05, 4.69) is 10.3 Å². The van der Waals surface area contributed by atoms with Crippen LogP contribution in [0.2, 0.25) is 0 Å². The van der Waals surface area contributed by atoms with Gasteiger partial charge < -0.3 is 11.1 Å². The van der Waals surface area contributed by atoms with E-state index in [1.807, 2.05) is 18.2 Å². The summed E-state index contributed by atoms with van der Waals surface area (Å²) in [6.45, 7) is 0.233. The normalized spacial score (nSPS) is 10.0. The summed E-state index contributed by atoms with van der Waals surface area (Å²) in [6, 6.07) is 9.15. The van der Waals surface area contributed by atoms with Gasteiger partial charge in [-0.15, -0.1) is 0 Å². The van der Waals surface area contributed by atoms with Crippen molar-refractivity contribution in [2.75, 3.05) is 17.6 Å². The Morgan fingerprint density at radius 2 is 2.12 bits per heavy atom. The van der Waals surface area contributed by atoms with Gasteiger partial charge in [0.2, 0.25) is 0 Å². The fourth-order valence-electron chi connectivity index (χ4n) is 1.25. The molecule has 82 valence electrons. The maximum Gasteiger partial charge on any atom is 0.184 e. The minimum atomic E-state index is 0.0365. The minimum Gasteiger partial charge on any atom is -0.389 e. The number of carbonyl (C=O) groups excluding carboxylic acids is 1. The van der Waals surface area contributed by atoms with Gasteiger partial charge in [0.05, 0.1) is 12.7 Å². The lowest BCUT2D eigenvalue weighted by molar-refractivity contribution is 0.101. The van der Waals surface area contributed by atoms with E-state index in [0.29, 0.717) is 15.7 Å². The SMILES string of the molecule is Nc1cnc(NCC(=O)c2ccccc2)s1. The van der Waals surface area contributed by atoms with Crippen molar-refractivity contribution in [1.82, 2.24) is 4.98 Å². The fraction of sp³-hybridized carbons (Fsp3) is 0.0909. The summed E-state index contributed by atoms with van der Waals surface area (Å²) >= 11 is 1.33. The molecule has 0 bridgehead atoms. The predicted octanol–water partition coefficient (Wildman–Crippen LogP) is 2.02. The van der Waals surface area contributed by atoms with Crippen molar-refractivity contribution in [3.8, 4) is 0 Å². The lowest BCUT2D eigenvalue weighted by Gasteiger charge is -2.01. The lowest BCUT2D eigenvalue weighted by atomic mass is 10.1. The van der Waals surface area contributed by atoms with Crippen LogP contribution in [0, 0.1) is 0 Å². The molecule has 1 aromatic heterocycles. The molecular weight excluding hydrogens is 222 g/mol. The molecule has 0 amide bonds.